The Hall–Kier alpha value is -2.18. The number of quaternary nitrogens is 1. The molecule has 1 heterocycles. The van der Waals surface area contributed by atoms with Gasteiger partial charge in [0.25, 0.3) is 5.91 Å². The summed E-state index contributed by atoms with van der Waals surface area (Å²) in [5.74, 6) is -0.713. The van der Waals surface area contributed by atoms with Crippen LogP contribution in [0.5, 0.6) is 0 Å². The molecule has 0 saturated carbocycles. The Balaban J connectivity index is 1.41. The van der Waals surface area contributed by atoms with Gasteiger partial charge in [-0.15, -0.1) is 0 Å². The highest BCUT2D eigenvalue weighted by atomic mass is 16.5. The zero-order valence-electron chi connectivity index (χ0n) is 17.4. The zero-order chi connectivity index (χ0) is 20.5. The van der Waals surface area contributed by atoms with E-state index in [1.807, 2.05) is 12.1 Å². The molecular weight excluding hydrogens is 368 g/mol. The molecule has 0 unspecified atom stereocenters. The summed E-state index contributed by atoms with van der Waals surface area (Å²) in [5, 5.41) is 2.87. The third-order valence-electron chi connectivity index (χ3n) is 5.63. The number of carbonyl (C=O) groups is 2. The number of morpholine rings is 1. The number of carbonyl (C=O) groups excluding carboxylic acids is 2. The van der Waals surface area contributed by atoms with Gasteiger partial charge in [-0.25, -0.2) is 4.79 Å². The number of ether oxygens (including phenoxy) is 2. The van der Waals surface area contributed by atoms with Crippen molar-refractivity contribution in [3.8, 4) is 0 Å². The van der Waals surface area contributed by atoms with Crippen LogP contribution in [0.1, 0.15) is 54.9 Å². The fourth-order valence-corrected chi connectivity index (χ4v) is 3.79. The summed E-state index contributed by atoms with van der Waals surface area (Å²) in [4.78, 5) is 26.0. The van der Waals surface area contributed by atoms with E-state index in [9.17, 15) is 9.59 Å². The van der Waals surface area contributed by atoms with Crippen molar-refractivity contribution in [2.75, 3.05) is 32.8 Å². The van der Waals surface area contributed by atoms with Gasteiger partial charge in [0.2, 0.25) is 0 Å². The Kier molecular flexibility index (Phi) is 8.25. The van der Waals surface area contributed by atoms with Crippen molar-refractivity contribution in [3.63, 3.8) is 0 Å². The first-order chi connectivity index (χ1) is 14.1. The normalized spacial score (nSPS) is 18.6. The first kappa shape index (κ1) is 21.5. The van der Waals surface area contributed by atoms with Crippen molar-refractivity contribution in [1.82, 2.24) is 5.32 Å². The quantitative estimate of drug-likeness (QED) is 0.513. The largest absolute Gasteiger partial charge is 0.449 e. The molecule has 1 aromatic carbocycles. The van der Waals surface area contributed by atoms with Gasteiger partial charge in [-0.3, -0.25) is 4.79 Å². The number of hydrogen-bond donors (Lipinski definition) is 2. The number of benzene rings is 1. The van der Waals surface area contributed by atoms with Gasteiger partial charge in [0.05, 0.1) is 18.8 Å². The van der Waals surface area contributed by atoms with Gasteiger partial charge in [-0.2, -0.15) is 0 Å². The SMILES string of the molecule is C[C@H](OC(=O)c1ccc(C[NH+]2CCOCC2)cc1)C(=O)NCCC1=CCCCC1. The summed E-state index contributed by atoms with van der Waals surface area (Å²) in [6.45, 7) is 6.75. The summed E-state index contributed by atoms with van der Waals surface area (Å²) in [6.07, 6.45) is 7.12. The summed E-state index contributed by atoms with van der Waals surface area (Å²) < 4.78 is 10.7. The predicted molar refractivity (Wildman–Crippen MR) is 111 cm³/mol. The number of allylic oxidation sites excluding steroid dienone is 1. The molecule has 6 heteroatoms. The molecule has 0 radical (unpaired) electrons. The summed E-state index contributed by atoms with van der Waals surface area (Å²) in [7, 11) is 0. The molecule has 3 rings (SSSR count). The molecule has 1 amide bonds. The van der Waals surface area contributed by atoms with Gasteiger partial charge in [0, 0.05) is 12.1 Å². The van der Waals surface area contributed by atoms with E-state index >= 15 is 0 Å². The average molecular weight is 402 g/mol. The van der Waals surface area contributed by atoms with E-state index in [1.54, 1.807) is 19.1 Å². The lowest BCUT2D eigenvalue weighted by molar-refractivity contribution is -0.921. The van der Waals surface area contributed by atoms with Crippen molar-refractivity contribution in [2.24, 2.45) is 0 Å². The Morgan fingerprint density at radius 2 is 1.93 bits per heavy atom. The number of hydrogen-bond acceptors (Lipinski definition) is 4. The van der Waals surface area contributed by atoms with Crippen LogP contribution in [0, 0.1) is 0 Å². The van der Waals surface area contributed by atoms with Crippen molar-refractivity contribution in [2.45, 2.75) is 51.7 Å². The minimum Gasteiger partial charge on any atom is -0.449 e. The van der Waals surface area contributed by atoms with Gasteiger partial charge in [-0.05, 0) is 51.2 Å². The lowest BCUT2D eigenvalue weighted by Gasteiger charge is -2.23. The van der Waals surface area contributed by atoms with Crippen LogP contribution < -0.4 is 10.2 Å². The lowest BCUT2D eigenvalue weighted by atomic mass is 9.97. The molecule has 0 bridgehead atoms. The first-order valence-corrected chi connectivity index (χ1v) is 10.8. The number of nitrogens with one attached hydrogen (secondary N) is 2. The second kappa shape index (κ2) is 11.1. The summed E-state index contributed by atoms with van der Waals surface area (Å²) >= 11 is 0. The minimum absolute atomic E-state index is 0.248. The molecule has 1 fully saturated rings. The monoisotopic (exact) mass is 401 g/mol. The highest BCUT2D eigenvalue weighted by Crippen LogP contribution is 2.19. The molecule has 1 atom stereocenters. The molecule has 158 valence electrons. The van der Waals surface area contributed by atoms with E-state index < -0.39 is 12.1 Å². The van der Waals surface area contributed by atoms with Crippen molar-refractivity contribution >= 4 is 11.9 Å². The molecule has 1 aliphatic heterocycles. The molecule has 29 heavy (non-hydrogen) atoms. The van der Waals surface area contributed by atoms with Crippen LogP contribution in [0.25, 0.3) is 0 Å². The predicted octanol–water partition coefficient (Wildman–Crippen LogP) is 1.65. The molecule has 1 aromatic rings. The molecule has 0 spiro atoms. The fraction of sp³-hybridized carbons (Fsp3) is 0.565. The third kappa shape index (κ3) is 6.98. The van der Waals surface area contributed by atoms with E-state index in [-0.39, 0.29) is 5.91 Å². The standard InChI is InChI=1S/C23H32N2O4/c1-18(22(26)24-12-11-19-5-3-2-4-6-19)29-23(27)21-9-7-20(8-10-21)17-25-13-15-28-16-14-25/h5,7-10,18H,2-4,6,11-17H2,1H3,(H,24,26)/p+1/t18-/m0/s1. The molecule has 6 nitrogen and oxygen atoms in total. The average Bonchev–Trinajstić information content (AvgIpc) is 2.75. The second-order valence-electron chi connectivity index (χ2n) is 7.93. The third-order valence-corrected chi connectivity index (χ3v) is 5.63. The van der Waals surface area contributed by atoms with Gasteiger partial charge in [-0.1, -0.05) is 23.8 Å². The highest BCUT2D eigenvalue weighted by Gasteiger charge is 2.19. The van der Waals surface area contributed by atoms with Crippen molar-refractivity contribution in [1.29, 1.82) is 0 Å². The number of amides is 1. The molecule has 1 aliphatic carbocycles. The topological polar surface area (TPSA) is 69.1 Å². The Morgan fingerprint density at radius 1 is 1.17 bits per heavy atom. The van der Waals surface area contributed by atoms with Crippen LogP contribution in [-0.4, -0.2) is 50.8 Å². The minimum atomic E-state index is -0.805. The number of esters is 1. The molecule has 0 aromatic heterocycles. The van der Waals surface area contributed by atoms with Crippen LogP contribution in [0.4, 0.5) is 0 Å². The maximum absolute atomic E-state index is 12.3. The van der Waals surface area contributed by atoms with Crippen LogP contribution in [-0.2, 0) is 20.8 Å². The maximum Gasteiger partial charge on any atom is 0.338 e. The summed E-state index contributed by atoms with van der Waals surface area (Å²) in [5.41, 5.74) is 3.07. The van der Waals surface area contributed by atoms with Crippen LogP contribution >= 0.6 is 0 Å². The number of rotatable bonds is 8. The molecule has 2 N–H and O–H groups in total. The Bertz CT molecular complexity index is 708. The fourth-order valence-electron chi connectivity index (χ4n) is 3.79. The van der Waals surface area contributed by atoms with Crippen LogP contribution in [0.15, 0.2) is 35.9 Å². The smallest absolute Gasteiger partial charge is 0.338 e. The van der Waals surface area contributed by atoms with E-state index in [1.165, 1.54) is 28.9 Å². The van der Waals surface area contributed by atoms with Gasteiger partial charge >= 0.3 is 5.97 Å². The lowest BCUT2D eigenvalue weighted by Crippen LogP contribution is -3.12. The molecule has 1 saturated heterocycles. The van der Waals surface area contributed by atoms with E-state index in [0.717, 1.165) is 52.1 Å². The highest BCUT2D eigenvalue weighted by molar-refractivity contribution is 5.92. The van der Waals surface area contributed by atoms with Gasteiger partial charge < -0.3 is 19.7 Å². The Morgan fingerprint density at radius 3 is 2.62 bits per heavy atom. The molecule has 2 aliphatic rings. The van der Waals surface area contributed by atoms with Gasteiger partial charge in [0.1, 0.15) is 19.6 Å². The maximum atomic E-state index is 12.3. The van der Waals surface area contributed by atoms with E-state index in [2.05, 4.69) is 11.4 Å². The molecular formula is C23H33N2O4+. The van der Waals surface area contributed by atoms with Crippen molar-refractivity contribution < 1.29 is 24.0 Å². The van der Waals surface area contributed by atoms with Crippen molar-refractivity contribution in [3.05, 3.63) is 47.0 Å². The first-order valence-electron chi connectivity index (χ1n) is 10.8. The zero-order valence-corrected chi connectivity index (χ0v) is 17.4. The Labute approximate surface area is 173 Å². The second-order valence-corrected chi connectivity index (χ2v) is 7.93. The van der Waals surface area contributed by atoms with Crippen LogP contribution in [0.3, 0.4) is 0 Å². The van der Waals surface area contributed by atoms with Gasteiger partial charge in [0.15, 0.2) is 6.10 Å². The van der Waals surface area contributed by atoms with E-state index in [0.29, 0.717) is 12.1 Å². The van der Waals surface area contributed by atoms with Crippen LogP contribution in [0.2, 0.25) is 0 Å². The summed E-state index contributed by atoms with van der Waals surface area (Å²) in [6, 6.07) is 7.47. The van der Waals surface area contributed by atoms with E-state index in [4.69, 9.17) is 9.47 Å².